The van der Waals surface area contributed by atoms with Gasteiger partial charge in [0.15, 0.2) is 0 Å². The molecule has 3 rings (SSSR count). The molecule has 1 aromatic heterocycles. The summed E-state index contributed by atoms with van der Waals surface area (Å²) in [7, 11) is -3.56. The molecule has 0 saturated carbocycles. The molecule has 0 unspecified atom stereocenters. The number of aromatic nitrogens is 3. The molecule has 0 aliphatic carbocycles. The van der Waals surface area contributed by atoms with Crippen LogP contribution in [0, 0.1) is 6.92 Å². The van der Waals surface area contributed by atoms with Gasteiger partial charge >= 0.3 is 0 Å². The lowest BCUT2D eigenvalue weighted by Gasteiger charge is -2.27. The van der Waals surface area contributed by atoms with Crippen molar-refractivity contribution in [3.8, 4) is 0 Å². The summed E-state index contributed by atoms with van der Waals surface area (Å²) in [4.78, 5) is 0.255. The van der Waals surface area contributed by atoms with Crippen LogP contribution < -0.4 is 5.73 Å². The number of anilines is 1. The molecule has 0 fully saturated rings. The third kappa shape index (κ3) is 2.06. The monoisotopic (exact) mass is 293 g/mol. The van der Waals surface area contributed by atoms with Gasteiger partial charge in [-0.05, 0) is 24.6 Å². The summed E-state index contributed by atoms with van der Waals surface area (Å²) in [6.45, 7) is 2.96. The summed E-state index contributed by atoms with van der Waals surface area (Å²) in [6.07, 6.45) is 1.62. The van der Waals surface area contributed by atoms with Gasteiger partial charge in [-0.25, -0.2) is 8.42 Å². The minimum absolute atomic E-state index is 0.233. The fourth-order valence-corrected chi connectivity index (χ4v) is 3.93. The first-order chi connectivity index (χ1) is 9.48. The lowest BCUT2D eigenvalue weighted by molar-refractivity contribution is 0.335. The molecule has 20 heavy (non-hydrogen) atoms. The highest BCUT2D eigenvalue weighted by molar-refractivity contribution is 7.89. The van der Waals surface area contributed by atoms with E-state index in [2.05, 4.69) is 10.2 Å². The number of nitrogen functional groups attached to an aromatic ring is 1. The Morgan fingerprint density at radius 2 is 2.10 bits per heavy atom. The highest BCUT2D eigenvalue weighted by Gasteiger charge is 2.30. The minimum atomic E-state index is -3.56. The van der Waals surface area contributed by atoms with Gasteiger partial charge in [0, 0.05) is 18.8 Å². The molecule has 1 aliphatic rings. The maximum atomic E-state index is 12.7. The van der Waals surface area contributed by atoms with Gasteiger partial charge in [-0.3, -0.25) is 0 Å². The fourth-order valence-electron chi connectivity index (χ4n) is 2.28. The number of rotatable bonds is 2. The molecular formula is C12H15N5O2S. The van der Waals surface area contributed by atoms with Crippen molar-refractivity contribution in [2.45, 2.75) is 24.9 Å². The maximum Gasteiger partial charge on any atom is 0.243 e. The van der Waals surface area contributed by atoms with E-state index in [9.17, 15) is 8.42 Å². The summed E-state index contributed by atoms with van der Waals surface area (Å²) >= 11 is 0. The van der Waals surface area contributed by atoms with Gasteiger partial charge in [0.25, 0.3) is 0 Å². The number of benzene rings is 1. The first kappa shape index (κ1) is 13.1. The van der Waals surface area contributed by atoms with Gasteiger partial charge in [0.05, 0.1) is 11.4 Å². The van der Waals surface area contributed by atoms with Crippen LogP contribution >= 0.6 is 0 Å². The van der Waals surface area contributed by atoms with Crippen molar-refractivity contribution in [1.82, 2.24) is 19.1 Å². The second-order valence-corrected chi connectivity index (χ2v) is 6.71. The quantitative estimate of drug-likeness (QED) is 0.807. The molecule has 2 heterocycles. The normalized spacial score (nSPS) is 16.1. The van der Waals surface area contributed by atoms with Gasteiger partial charge in [0.2, 0.25) is 10.0 Å². The second-order valence-electron chi connectivity index (χ2n) is 4.80. The highest BCUT2D eigenvalue weighted by atomic mass is 32.2. The first-order valence-electron chi connectivity index (χ1n) is 6.21. The molecule has 0 spiro atoms. The lowest BCUT2D eigenvalue weighted by Crippen LogP contribution is -2.38. The van der Waals surface area contributed by atoms with Gasteiger partial charge in [-0.2, -0.15) is 4.31 Å². The van der Waals surface area contributed by atoms with Crippen LogP contribution in [0.25, 0.3) is 0 Å². The number of nitrogens with two attached hydrogens (primary N) is 1. The largest absolute Gasteiger partial charge is 0.399 e. The Kier molecular flexibility index (Phi) is 2.98. The predicted molar refractivity (Wildman–Crippen MR) is 73.2 cm³/mol. The zero-order valence-electron chi connectivity index (χ0n) is 11.0. The Morgan fingerprint density at radius 3 is 2.90 bits per heavy atom. The van der Waals surface area contributed by atoms with Crippen molar-refractivity contribution in [3.05, 3.63) is 35.9 Å². The van der Waals surface area contributed by atoms with Crippen LogP contribution in [0.2, 0.25) is 0 Å². The average Bonchev–Trinajstić information content (AvgIpc) is 2.88. The van der Waals surface area contributed by atoms with Crippen molar-refractivity contribution in [2.24, 2.45) is 0 Å². The molecule has 1 aromatic carbocycles. The van der Waals surface area contributed by atoms with Gasteiger partial charge in [-0.15, -0.1) is 10.2 Å². The van der Waals surface area contributed by atoms with Crippen LogP contribution in [0.4, 0.5) is 5.69 Å². The number of nitrogens with zero attached hydrogens (tertiary/aromatic N) is 4. The third-order valence-electron chi connectivity index (χ3n) is 3.43. The molecule has 2 N–H and O–H groups in total. The Bertz CT molecular complexity index is 753. The molecule has 2 aromatic rings. The molecule has 1 aliphatic heterocycles. The molecule has 8 heteroatoms. The van der Waals surface area contributed by atoms with E-state index in [-0.39, 0.29) is 11.4 Å². The third-order valence-corrected chi connectivity index (χ3v) is 5.42. The zero-order valence-corrected chi connectivity index (χ0v) is 11.8. The Hall–Kier alpha value is -1.93. The number of hydrogen-bond acceptors (Lipinski definition) is 5. The van der Waals surface area contributed by atoms with E-state index >= 15 is 0 Å². The average molecular weight is 293 g/mol. The molecule has 106 valence electrons. The summed E-state index contributed by atoms with van der Waals surface area (Å²) in [5.74, 6) is 0.654. The van der Waals surface area contributed by atoms with Crippen molar-refractivity contribution in [2.75, 3.05) is 12.3 Å². The molecule has 7 nitrogen and oxygen atoms in total. The van der Waals surface area contributed by atoms with Crippen LogP contribution in [0.15, 0.2) is 29.4 Å². The number of fused-ring (bicyclic) bond motifs is 1. The fraction of sp³-hybridized carbons (Fsp3) is 0.333. The van der Waals surface area contributed by atoms with Crippen LogP contribution in [0.3, 0.4) is 0 Å². The number of hydrogen-bond donors (Lipinski definition) is 1. The topological polar surface area (TPSA) is 94.1 Å². The van der Waals surface area contributed by atoms with Crippen LogP contribution in [0.5, 0.6) is 0 Å². The lowest BCUT2D eigenvalue weighted by atomic mass is 10.2. The second kappa shape index (κ2) is 4.57. The molecule has 0 saturated heterocycles. The summed E-state index contributed by atoms with van der Waals surface area (Å²) in [5.41, 5.74) is 6.83. The van der Waals surface area contributed by atoms with Crippen molar-refractivity contribution < 1.29 is 8.42 Å². The molecular weight excluding hydrogens is 278 g/mol. The molecule has 0 atom stereocenters. The predicted octanol–water partition coefficient (Wildman–Crippen LogP) is 0.373. The maximum absolute atomic E-state index is 12.7. The van der Waals surface area contributed by atoms with Crippen molar-refractivity contribution in [1.29, 1.82) is 0 Å². The molecule has 0 bridgehead atoms. The van der Waals surface area contributed by atoms with Gasteiger partial charge in [0.1, 0.15) is 12.2 Å². The SMILES string of the molecule is Cc1ccc(N)cc1S(=O)(=O)N1CCn2cnnc2C1. The minimum Gasteiger partial charge on any atom is -0.399 e. The van der Waals surface area contributed by atoms with Crippen molar-refractivity contribution in [3.63, 3.8) is 0 Å². The van der Waals surface area contributed by atoms with Crippen LogP contribution in [-0.2, 0) is 23.1 Å². The van der Waals surface area contributed by atoms with E-state index in [1.165, 1.54) is 10.4 Å². The highest BCUT2D eigenvalue weighted by Crippen LogP contribution is 2.25. The van der Waals surface area contributed by atoms with E-state index in [0.29, 0.717) is 30.2 Å². The standard InChI is InChI=1S/C12H15N5O2S/c1-9-2-3-10(13)6-11(9)20(18,19)17-5-4-16-8-14-15-12(16)7-17/h2-3,6,8H,4-5,7,13H2,1H3. The summed E-state index contributed by atoms with van der Waals surface area (Å²) in [6, 6.07) is 4.92. The van der Waals surface area contributed by atoms with Crippen molar-refractivity contribution >= 4 is 15.7 Å². The van der Waals surface area contributed by atoms with E-state index in [0.717, 1.165) is 0 Å². The Balaban J connectivity index is 1.99. The van der Waals surface area contributed by atoms with Crippen LogP contribution in [0.1, 0.15) is 11.4 Å². The first-order valence-corrected chi connectivity index (χ1v) is 7.65. The summed E-state index contributed by atoms with van der Waals surface area (Å²) < 4.78 is 28.7. The van der Waals surface area contributed by atoms with E-state index in [1.54, 1.807) is 25.4 Å². The number of aryl methyl sites for hydroxylation is 1. The van der Waals surface area contributed by atoms with E-state index < -0.39 is 10.0 Å². The molecule has 0 amide bonds. The Labute approximate surface area is 117 Å². The summed E-state index contributed by atoms with van der Waals surface area (Å²) in [5, 5.41) is 7.73. The van der Waals surface area contributed by atoms with E-state index in [1.807, 2.05) is 4.57 Å². The van der Waals surface area contributed by atoms with Gasteiger partial charge < -0.3 is 10.3 Å². The van der Waals surface area contributed by atoms with Gasteiger partial charge in [-0.1, -0.05) is 6.07 Å². The smallest absolute Gasteiger partial charge is 0.243 e. The molecule has 0 radical (unpaired) electrons. The van der Waals surface area contributed by atoms with E-state index in [4.69, 9.17) is 5.73 Å². The van der Waals surface area contributed by atoms with Crippen LogP contribution in [-0.4, -0.2) is 34.0 Å². The Morgan fingerprint density at radius 1 is 1.30 bits per heavy atom. The zero-order chi connectivity index (χ0) is 14.3. The number of sulfonamides is 1.